The predicted molar refractivity (Wildman–Crippen MR) is 106 cm³/mol. The van der Waals surface area contributed by atoms with Gasteiger partial charge in [-0.1, -0.05) is 6.07 Å². The van der Waals surface area contributed by atoms with Gasteiger partial charge in [0.2, 0.25) is 0 Å². The number of thiophene rings is 1. The molecule has 0 radical (unpaired) electrons. The highest BCUT2D eigenvalue weighted by Crippen LogP contribution is 2.16. The quantitative estimate of drug-likeness (QED) is 0.844. The molecule has 1 aromatic heterocycles. The number of benzene rings is 1. The smallest absolute Gasteiger partial charge is 0.265 e. The van der Waals surface area contributed by atoms with Crippen LogP contribution in [0.5, 0.6) is 0 Å². The third-order valence-corrected chi connectivity index (χ3v) is 5.61. The van der Waals surface area contributed by atoms with Gasteiger partial charge in [-0.25, -0.2) is 0 Å². The van der Waals surface area contributed by atoms with Crippen molar-refractivity contribution < 1.29 is 9.59 Å². The van der Waals surface area contributed by atoms with Gasteiger partial charge in [0.05, 0.1) is 4.88 Å². The Balaban J connectivity index is 1.52. The number of likely N-dealkylation sites (tertiary alicyclic amines) is 1. The highest BCUT2D eigenvalue weighted by Gasteiger charge is 2.22. The molecule has 1 aliphatic heterocycles. The maximum Gasteiger partial charge on any atom is 0.265 e. The molecule has 2 heterocycles. The summed E-state index contributed by atoms with van der Waals surface area (Å²) in [5.74, 6) is -0.182. The van der Waals surface area contributed by atoms with E-state index < -0.39 is 0 Å². The Hall–Kier alpha value is -2.18. The first-order chi connectivity index (χ1) is 12.5. The molecule has 0 atom stereocenters. The fourth-order valence-corrected chi connectivity index (χ4v) is 3.75. The van der Waals surface area contributed by atoms with E-state index in [1.165, 1.54) is 11.3 Å². The van der Waals surface area contributed by atoms with Gasteiger partial charge in [0.25, 0.3) is 11.8 Å². The maximum atomic E-state index is 12.4. The monoisotopic (exact) mass is 371 g/mol. The van der Waals surface area contributed by atoms with Crippen molar-refractivity contribution in [3.05, 3.63) is 52.2 Å². The van der Waals surface area contributed by atoms with Gasteiger partial charge in [0.15, 0.2) is 0 Å². The van der Waals surface area contributed by atoms with Gasteiger partial charge in [-0.05, 0) is 62.4 Å². The number of hydrogen-bond acceptors (Lipinski definition) is 4. The van der Waals surface area contributed by atoms with Crippen LogP contribution in [-0.4, -0.2) is 41.9 Å². The molecule has 1 aromatic carbocycles. The average molecular weight is 372 g/mol. The van der Waals surface area contributed by atoms with Gasteiger partial charge in [-0.15, -0.1) is 11.3 Å². The molecule has 0 saturated carbocycles. The summed E-state index contributed by atoms with van der Waals surface area (Å²) in [5, 5.41) is 7.84. The molecule has 3 rings (SSSR count). The molecule has 2 amide bonds. The standard InChI is InChI=1S/C20H25N3O2S/c1-14(2)23-11-9-17(10-12-23)21-19(24)15-5-7-16(8-6-15)22-20(25)18-4-3-13-26-18/h3-8,13-14,17H,9-12H2,1-2H3,(H,21,24)(H,22,25). The summed E-state index contributed by atoms with van der Waals surface area (Å²) in [6.45, 7) is 6.46. The van der Waals surface area contributed by atoms with E-state index in [1.54, 1.807) is 30.3 Å². The summed E-state index contributed by atoms with van der Waals surface area (Å²) in [7, 11) is 0. The van der Waals surface area contributed by atoms with Crippen LogP contribution in [0.3, 0.4) is 0 Å². The van der Waals surface area contributed by atoms with Gasteiger partial charge in [-0.2, -0.15) is 0 Å². The summed E-state index contributed by atoms with van der Waals surface area (Å²) >= 11 is 1.40. The highest BCUT2D eigenvalue weighted by atomic mass is 32.1. The van der Waals surface area contributed by atoms with Crippen molar-refractivity contribution in [2.24, 2.45) is 0 Å². The Kier molecular flexibility index (Phi) is 6.06. The van der Waals surface area contributed by atoms with Crippen LogP contribution in [0.25, 0.3) is 0 Å². The van der Waals surface area contributed by atoms with Crippen molar-refractivity contribution in [1.82, 2.24) is 10.2 Å². The number of amides is 2. The molecular weight excluding hydrogens is 346 g/mol. The molecule has 0 unspecified atom stereocenters. The van der Waals surface area contributed by atoms with E-state index in [9.17, 15) is 9.59 Å². The fourth-order valence-electron chi connectivity index (χ4n) is 3.13. The number of piperidine rings is 1. The zero-order valence-corrected chi connectivity index (χ0v) is 16.0. The molecule has 1 fully saturated rings. The van der Waals surface area contributed by atoms with Gasteiger partial charge >= 0.3 is 0 Å². The van der Waals surface area contributed by atoms with E-state index in [-0.39, 0.29) is 17.9 Å². The molecule has 0 aliphatic carbocycles. The van der Waals surface area contributed by atoms with Crippen LogP contribution < -0.4 is 10.6 Å². The van der Waals surface area contributed by atoms with E-state index in [4.69, 9.17) is 0 Å². The normalized spacial score (nSPS) is 15.8. The van der Waals surface area contributed by atoms with Crippen LogP contribution in [0.1, 0.15) is 46.7 Å². The van der Waals surface area contributed by atoms with Crippen LogP contribution in [0, 0.1) is 0 Å². The lowest BCUT2D eigenvalue weighted by Gasteiger charge is -2.34. The fraction of sp³-hybridized carbons (Fsp3) is 0.400. The molecule has 0 spiro atoms. The number of anilines is 1. The molecule has 1 saturated heterocycles. The van der Waals surface area contributed by atoms with E-state index in [1.807, 2.05) is 11.4 Å². The van der Waals surface area contributed by atoms with Crippen molar-refractivity contribution >= 4 is 28.8 Å². The minimum atomic E-state index is -0.130. The van der Waals surface area contributed by atoms with Crippen molar-refractivity contribution in [3.63, 3.8) is 0 Å². The Morgan fingerprint density at radius 3 is 2.35 bits per heavy atom. The second-order valence-corrected chi connectivity index (χ2v) is 7.83. The number of hydrogen-bond donors (Lipinski definition) is 2. The zero-order chi connectivity index (χ0) is 18.5. The lowest BCUT2D eigenvalue weighted by atomic mass is 10.0. The van der Waals surface area contributed by atoms with Gasteiger partial charge in [0, 0.05) is 36.4 Å². The summed E-state index contributed by atoms with van der Waals surface area (Å²) in [6, 6.07) is 11.5. The SMILES string of the molecule is CC(C)N1CCC(NC(=O)c2ccc(NC(=O)c3cccs3)cc2)CC1. The average Bonchev–Trinajstić information content (AvgIpc) is 3.17. The second kappa shape index (κ2) is 8.47. The van der Waals surface area contributed by atoms with Crippen molar-refractivity contribution in [1.29, 1.82) is 0 Å². The van der Waals surface area contributed by atoms with Crippen molar-refractivity contribution in [2.45, 2.75) is 38.8 Å². The summed E-state index contributed by atoms with van der Waals surface area (Å²) in [4.78, 5) is 27.6. The molecule has 2 aromatic rings. The molecule has 138 valence electrons. The van der Waals surface area contributed by atoms with E-state index >= 15 is 0 Å². The van der Waals surface area contributed by atoms with Crippen molar-refractivity contribution in [2.75, 3.05) is 18.4 Å². The number of rotatable bonds is 5. The topological polar surface area (TPSA) is 61.4 Å². The van der Waals surface area contributed by atoms with Crippen LogP contribution in [0.4, 0.5) is 5.69 Å². The van der Waals surface area contributed by atoms with Gasteiger partial charge in [-0.3, -0.25) is 9.59 Å². The Morgan fingerprint density at radius 1 is 1.08 bits per heavy atom. The maximum absolute atomic E-state index is 12.4. The van der Waals surface area contributed by atoms with Crippen molar-refractivity contribution in [3.8, 4) is 0 Å². The minimum Gasteiger partial charge on any atom is -0.349 e. The minimum absolute atomic E-state index is 0.0517. The Labute approximate surface area is 158 Å². The largest absolute Gasteiger partial charge is 0.349 e. The lowest BCUT2D eigenvalue weighted by molar-refractivity contribution is 0.0900. The Morgan fingerprint density at radius 2 is 1.77 bits per heavy atom. The number of nitrogens with one attached hydrogen (secondary N) is 2. The summed E-state index contributed by atoms with van der Waals surface area (Å²) in [5.41, 5.74) is 1.30. The first kappa shape index (κ1) is 18.6. The molecule has 2 N–H and O–H groups in total. The molecule has 6 heteroatoms. The Bertz CT molecular complexity index is 733. The number of carbonyl (C=O) groups is 2. The summed E-state index contributed by atoms with van der Waals surface area (Å²) in [6.07, 6.45) is 1.97. The summed E-state index contributed by atoms with van der Waals surface area (Å²) < 4.78 is 0. The molecule has 26 heavy (non-hydrogen) atoms. The number of carbonyl (C=O) groups excluding carboxylic acids is 2. The van der Waals surface area contributed by atoms with Crippen LogP contribution in [0.2, 0.25) is 0 Å². The molecular formula is C20H25N3O2S. The zero-order valence-electron chi connectivity index (χ0n) is 15.2. The van der Waals surface area contributed by atoms with Gasteiger partial charge in [0.1, 0.15) is 0 Å². The van der Waals surface area contributed by atoms with Crippen LogP contribution >= 0.6 is 11.3 Å². The third-order valence-electron chi connectivity index (χ3n) is 4.74. The second-order valence-electron chi connectivity index (χ2n) is 6.89. The first-order valence-electron chi connectivity index (χ1n) is 9.03. The van der Waals surface area contributed by atoms with E-state index in [2.05, 4.69) is 29.4 Å². The first-order valence-corrected chi connectivity index (χ1v) is 9.90. The van der Waals surface area contributed by atoms with Crippen LogP contribution in [0.15, 0.2) is 41.8 Å². The lowest BCUT2D eigenvalue weighted by Crippen LogP contribution is -2.46. The molecule has 5 nitrogen and oxygen atoms in total. The molecule has 1 aliphatic rings. The highest BCUT2D eigenvalue weighted by molar-refractivity contribution is 7.12. The molecule has 0 bridgehead atoms. The number of nitrogens with zero attached hydrogens (tertiary/aromatic N) is 1. The third kappa shape index (κ3) is 4.71. The van der Waals surface area contributed by atoms with Crippen LogP contribution in [-0.2, 0) is 0 Å². The van der Waals surface area contributed by atoms with E-state index in [0.29, 0.717) is 22.2 Å². The van der Waals surface area contributed by atoms with Gasteiger partial charge < -0.3 is 15.5 Å². The van der Waals surface area contributed by atoms with E-state index in [0.717, 1.165) is 25.9 Å². The predicted octanol–water partition coefficient (Wildman–Crippen LogP) is 3.60.